The fraction of sp³-hybridized carbons (Fsp3) is 0.727. The zero-order valence-electron chi connectivity index (χ0n) is 9.13. The summed E-state index contributed by atoms with van der Waals surface area (Å²) in [5.74, 6) is 0. The molecule has 0 aromatic carbocycles. The van der Waals surface area contributed by atoms with Crippen LogP contribution in [0.1, 0.15) is 32.1 Å². The van der Waals surface area contributed by atoms with Crippen LogP contribution >= 0.6 is 27.3 Å². The number of anilines is 1. The predicted octanol–water partition coefficient (Wildman–Crippen LogP) is 2.99. The molecule has 16 heavy (non-hydrogen) atoms. The third-order valence-electron chi connectivity index (χ3n) is 3.74. The fourth-order valence-corrected chi connectivity index (χ4v) is 3.98. The lowest BCUT2D eigenvalue weighted by Gasteiger charge is -2.48. The maximum absolute atomic E-state index is 4.40. The number of aromatic nitrogens is 1. The highest BCUT2D eigenvalue weighted by molar-refractivity contribution is 9.10. The number of thiazole rings is 1. The van der Waals surface area contributed by atoms with Gasteiger partial charge < -0.3 is 10.6 Å². The normalized spacial score (nSPS) is 27.7. The Morgan fingerprint density at radius 3 is 3.06 bits per heavy atom. The second-order valence-electron chi connectivity index (χ2n) is 4.87. The molecular weight excluding hydrogens is 286 g/mol. The van der Waals surface area contributed by atoms with E-state index in [0.717, 1.165) is 16.3 Å². The number of rotatable bonds is 2. The maximum Gasteiger partial charge on any atom is 0.183 e. The van der Waals surface area contributed by atoms with Crippen molar-refractivity contribution in [3.8, 4) is 0 Å². The van der Waals surface area contributed by atoms with Crippen molar-refractivity contribution in [3.05, 3.63) is 9.98 Å². The Kier molecular flexibility index (Phi) is 2.94. The van der Waals surface area contributed by atoms with Crippen molar-refractivity contribution >= 4 is 32.4 Å². The molecule has 0 bridgehead atoms. The maximum atomic E-state index is 4.40. The van der Waals surface area contributed by atoms with Crippen LogP contribution in [0.15, 0.2) is 9.98 Å². The van der Waals surface area contributed by atoms with Crippen LogP contribution in [0.25, 0.3) is 0 Å². The van der Waals surface area contributed by atoms with Crippen LogP contribution in [0.5, 0.6) is 0 Å². The third kappa shape index (κ3) is 2.13. The molecule has 1 aromatic heterocycles. The molecule has 0 radical (unpaired) electrons. The molecule has 2 heterocycles. The molecule has 1 aromatic rings. The van der Waals surface area contributed by atoms with E-state index in [0.29, 0.717) is 11.6 Å². The summed E-state index contributed by atoms with van der Waals surface area (Å²) in [5, 5.41) is 10.3. The van der Waals surface area contributed by atoms with Gasteiger partial charge in [0.1, 0.15) is 4.60 Å². The van der Waals surface area contributed by atoms with Gasteiger partial charge in [-0.05, 0) is 54.6 Å². The van der Waals surface area contributed by atoms with Crippen molar-refractivity contribution in [3.63, 3.8) is 0 Å². The average Bonchev–Trinajstić information content (AvgIpc) is 2.62. The first-order valence-electron chi connectivity index (χ1n) is 5.88. The second kappa shape index (κ2) is 4.27. The van der Waals surface area contributed by atoms with E-state index < -0.39 is 0 Å². The van der Waals surface area contributed by atoms with Crippen LogP contribution in [-0.4, -0.2) is 23.1 Å². The molecule has 1 unspecified atom stereocenters. The van der Waals surface area contributed by atoms with E-state index in [4.69, 9.17) is 0 Å². The Labute approximate surface area is 108 Å². The first-order chi connectivity index (χ1) is 7.76. The molecule has 1 spiro atoms. The van der Waals surface area contributed by atoms with Crippen LogP contribution in [-0.2, 0) is 0 Å². The van der Waals surface area contributed by atoms with Gasteiger partial charge in [0.25, 0.3) is 0 Å². The molecule has 3 nitrogen and oxygen atoms in total. The summed E-state index contributed by atoms with van der Waals surface area (Å²) >= 11 is 5.07. The molecule has 2 aliphatic rings. The van der Waals surface area contributed by atoms with Gasteiger partial charge in [-0.2, -0.15) is 0 Å². The van der Waals surface area contributed by atoms with Crippen LogP contribution in [0.3, 0.4) is 0 Å². The molecule has 88 valence electrons. The lowest BCUT2D eigenvalue weighted by atomic mass is 9.70. The van der Waals surface area contributed by atoms with E-state index in [2.05, 4.69) is 31.5 Å². The Bertz CT molecular complexity index is 375. The molecule has 1 saturated carbocycles. The zero-order valence-corrected chi connectivity index (χ0v) is 11.5. The van der Waals surface area contributed by atoms with Gasteiger partial charge in [0.05, 0.1) is 0 Å². The Morgan fingerprint density at radius 1 is 1.56 bits per heavy atom. The van der Waals surface area contributed by atoms with Gasteiger partial charge in [0.15, 0.2) is 5.13 Å². The van der Waals surface area contributed by atoms with E-state index in [-0.39, 0.29) is 0 Å². The number of nitrogens with one attached hydrogen (secondary N) is 2. The minimum absolute atomic E-state index is 0.463. The number of nitrogens with zero attached hydrogens (tertiary/aromatic N) is 1. The zero-order chi connectivity index (χ0) is 11.0. The van der Waals surface area contributed by atoms with Gasteiger partial charge in [-0.3, -0.25) is 0 Å². The van der Waals surface area contributed by atoms with E-state index in [1.807, 2.05) is 5.38 Å². The molecule has 1 aliphatic heterocycles. The number of piperidine rings is 1. The van der Waals surface area contributed by atoms with Gasteiger partial charge in [0.2, 0.25) is 0 Å². The largest absolute Gasteiger partial charge is 0.359 e. The van der Waals surface area contributed by atoms with Crippen molar-refractivity contribution in [1.29, 1.82) is 0 Å². The Morgan fingerprint density at radius 2 is 2.44 bits per heavy atom. The molecule has 3 rings (SSSR count). The van der Waals surface area contributed by atoms with Crippen molar-refractivity contribution in [2.24, 2.45) is 0 Å². The summed E-state index contributed by atoms with van der Waals surface area (Å²) in [6, 6.07) is 0.597. The SMILES string of the molecule is Brc1csc(NC2CCNC3(CCC3)C2)n1. The number of hydrogen-bond acceptors (Lipinski definition) is 4. The Balaban J connectivity index is 1.62. The van der Waals surface area contributed by atoms with Gasteiger partial charge >= 0.3 is 0 Å². The van der Waals surface area contributed by atoms with Gasteiger partial charge in [-0.25, -0.2) is 4.98 Å². The lowest BCUT2D eigenvalue weighted by molar-refractivity contribution is 0.135. The molecular formula is C11H16BrN3S. The second-order valence-corrected chi connectivity index (χ2v) is 6.54. The van der Waals surface area contributed by atoms with Crippen molar-refractivity contribution < 1.29 is 0 Å². The van der Waals surface area contributed by atoms with Crippen LogP contribution in [0.2, 0.25) is 0 Å². The molecule has 2 N–H and O–H groups in total. The average molecular weight is 302 g/mol. The smallest absolute Gasteiger partial charge is 0.183 e. The monoisotopic (exact) mass is 301 g/mol. The van der Waals surface area contributed by atoms with E-state index >= 15 is 0 Å². The number of hydrogen-bond donors (Lipinski definition) is 2. The molecule has 2 fully saturated rings. The summed E-state index contributed by atoms with van der Waals surface area (Å²) in [6.45, 7) is 1.14. The van der Waals surface area contributed by atoms with Crippen molar-refractivity contribution in [2.45, 2.75) is 43.7 Å². The summed E-state index contributed by atoms with van der Waals surface area (Å²) in [4.78, 5) is 4.40. The topological polar surface area (TPSA) is 37.0 Å². The highest BCUT2D eigenvalue weighted by atomic mass is 79.9. The summed E-state index contributed by atoms with van der Waals surface area (Å²) < 4.78 is 0.937. The molecule has 5 heteroatoms. The highest BCUT2D eigenvalue weighted by Crippen LogP contribution is 2.39. The van der Waals surface area contributed by atoms with Crippen LogP contribution < -0.4 is 10.6 Å². The molecule has 1 atom stereocenters. The summed E-state index contributed by atoms with van der Waals surface area (Å²) in [5.41, 5.74) is 0.463. The van der Waals surface area contributed by atoms with E-state index in [1.54, 1.807) is 11.3 Å². The van der Waals surface area contributed by atoms with Gasteiger partial charge in [-0.15, -0.1) is 11.3 Å². The number of halogens is 1. The van der Waals surface area contributed by atoms with Crippen LogP contribution in [0.4, 0.5) is 5.13 Å². The lowest BCUT2D eigenvalue weighted by Crippen LogP contribution is -2.58. The highest BCUT2D eigenvalue weighted by Gasteiger charge is 2.40. The minimum Gasteiger partial charge on any atom is -0.359 e. The fourth-order valence-electron chi connectivity index (χ4n) is 2.76. The molecule has 1 aliphatic carbocycles. The van der Waals surface area contributed by atoms with Gasteiger partial charge in [-0.1, -0.05) is 0 Å². The van der Waals surface area contributed by atoms with Crippen molar-refractivity contribution in [2.75, 3.05) is 11.9 Å². The first-order valence-corrected chi connectivity index (χ1v) is 7.56. The van der Waals surface area contributed by atoms with Gasteiger partial charge in [0, 0.05) is 17.0 Å². The Hall–Kier alpha value is -0.130. The third-order valence-corrected chi connectivity index (χ3v) is 5.23. The standard InChI is InChI=1S/C11H16BrN3S/c12-9-7-16-10(15-9)14-8-2-5-13-11(6-8)3-1-4-11/h7-8,13H,1-6H2,(H,14,15). The van der Waals surface area contributed by atoms with Crippen LogP contribution in [0, 0.1) is 0 Å². The summed E-state index contributed by atoms with van der Waals surface area (Å²) in [6.07, 6.45) is 6.56. The summed E-state index contributed by atoms with van der Waals surface area (Å²) in [7, 11) is 0. The van der Waals surface area contributed by atoms with Crippen molar-refractivity contribution in [1.82, 2.24) is 10.3 Å². The molecule has 1 saturated heterocycles. The predicted molar refractivity (Wildman–Crippen MR) is 71.0 cm³/mol. The van der Waals surface area contributed by atoms with E-state index in [1.165, 1.54) is 32.1 Å². The van der Waals surface area contributed by atoms with E-state index in [9.17, 15) is 0 Å². The quantitative estimate of drug-likeness (QED) is 0.882. The minimum atomic E-state index is 0.463. The first kappa shape index (κ1) is 11.0. The molecule has 0 amide bonds.